The van der Waals surface area contributed by atoms with Crippen LogP contribution in [0.3, 0.4) is 0 Å². The van der Waals surface area contributed by atoms with Crippen molar-refractivity contribution in [1.29, 1.82) is 0 Å². The summed E-state index contributed by atoms with van der Waals surface area (Å²) >= 11 is 0. The van der Waals surface area contributed by atoms with Crippen LogP contribution >= 0.6 is 0 Å². The number of hydrogen-bond donors (Lipinski definition) is 0. The molecule has 0 saturated carbocycles. The van der Waals surface area contributed by atoms with Crippen LogP contribution in [0, 0.1) is 12.1 Å². The van der Waals surface area contributed by atoms with E-state index < -0.39 is 16.1 Å². The van der Waals surface area contributed by atoms with Crippen LogP contribution in [0.15, 0.2) is 310 Å². The van der Waals surface area contributed by atoms with Gasteiger partial charge in [0.05, 0.1) is 5.56 Å². The van der Waals surface area contributed by atoms with Gasteiger partial charge in [-0.05, 0) is 114 Å². The summed E-state index contributed by atoms with van der Waals surface area (Å²) in [5.74, 6) is 1.93. The van der Waals surface area contributed by atoms with Crippen LogP contribution in [-0.2, 0) is 37.3 Å². The van der Waals surface area contributed by atoms with Crippen molar-refractivity contribution in [2.24, 2.45) is 0 Å². The number of aromatic nitrogens is 2. The molecular weight excluding hydrogens is 1400 g/mol. The Labute approximate surface area is 593 Å². The molecule has 0 amide bonds. The zero-order chi connectivity index (χ0) is 66.7. The fraction of sp³-hybridized carbons (Fsp3) is 0.133. The van der Waals surface area contributed by atoms with Crippen LogP contribution in [-0.4, -0.2) is 31.7 Å². The van der Waals surface area contributed by atoms with Crippen molar-refractivity contribution in [2.45, 2.75) is 78.6 Å². The first kappa shape index (κ1) is 65.2. The minimum absolute atomic E-state index is 0. The number of para-hydroxylation sites is 1. The van der Waals surface area contributed by atoms with Gasteiger partial charge < -0.3 is 9.30 Å². The zero-order valence-corrected chi connectivity index (χ0v) is 61.2. The molecule has 5 nitrogen and oxygen atoms in total. The first-order chi connectivity index (χ1) is 47.0. The van der Waals surface area contributed by atoms with Crippen LogP contribution in [0.5, 0.6) is 11.5 Å². The van der Waals surface area contributed by atoms with Gasteiger partial charge in [-0.1, -0.05) is 315 Å². The minimum atomic E-state index is -2.90. The number of hydrogen-bond acceptors (Lipinski definition) is 2. The summed E-state index contributed by atoms with van der Waals surface area (Å²) in [7, 11) is -5.79. The van der Waals surface area contributed by atoms with E-state index in [1.807, 2.05) is 12.3 Å². The standard InChI is InChI=1S/C90H78N4OSi2.Pt/c1-88(2,3)65-53-54-91-86(59-65)94-83-52-50-79(97(75-40-22-13-23-41-75,76-42-24-14-25-43-76)77-44-26-15-27-45-77)62-82(83)81-51-49-71(61-85(81)94)95-70-33-29-32-68(60-70)92-63-93(69-57-66(89(4,5)6)56-67(58-69)90(7,8)9)87-80(47-30-48-84(87)92)64-31-28-46-78(55-64)96(72-34-16-10-17-35-72,73-36-18-11-19-37-73)74-38-20-12-21-39-74;/h10-59,62H,1-9H3;/q;+2. The Hall–Kier alpha value is -10.1. The summed E-state index contributed by atoms with van der Waals surface area (Å²) in [6.45, 7) is 20.6. The van der Waals surface area contributed by atoms with E-state index in [0.29, 0.717) is 11.5 Å². The van der Waals surface area contributed by atoms with Crippen LogP contribution in [0.25, 0.3) is 38.8 Å². The molecule has 0 saturated heterocycles. The van der Waals surface area contributed by atoms with Crippen LogP contribution in [0.2, 0.25) is 0 Å². The molecular formula is C90H78N4OPtSi2+2. The molecule has 12 aromatic carbocycles. The smallest absolute Gasteiger partial charge is 0.509 e. The molecule has 0 bridgehead atoms. The first-order valence-corrected chi connectivity index (χ1v) is 37.8. The molecule has 8 heteroatoms. The Bertz CT molecular complexity index is 5110. The fourth-order valence-corrected chi connectivity index (χ4v) is 24.2. The molecule has 1 aliphatic heterocycles. The van der Waals surface area contributed by atoms with Gasteiger partial charge in [0.2, 0.25) is 5.69 Å². The van der Waals surface area contributed by atoms with Crippen molar-refractivity contribution in [3.63, 3.8) is 0 Å². The van der Waals surface area contributed by atoms with E-state index in [1.54, 1.807) is 0 Å². The van der Waals surface area contributed by atoms with E-state index in [1.165, 1.54) is 58.2 Å². The van der Waals surface area contributed by atoms with Crippen molar-refractivity contribution in [3.8, 4) is 28.4 Å². The van der Waals surface area contributed by atoms with Gasteiger partial charge in [-0.15, -0.1) is 23.6 Å². The number of fused-ring (bicyclic) bond motifs is 4. The third-order valence-electron chi connectivity index (χ3n) is 19.6. The van der Waals surface area contributed by atoms with E-state index in [4.69, 9.17) is 9.72 Å². The molecule has 15 rings (SSSR count). The van der Waals surface area contributed by atoms with Gasteiger partial charge in [0.1, 0.15) is 11.5 Å². The topological polar surface area (TPSA) is 33.1 Å². The number of ether oxygens (including phenoxy) is 1. The van der Waals surface area contributed by atoms with Crippen molar-refractivity contribution in [1.82, 2.24) is 18.7 Å². The molecule has 0 atom stereocenters. The summed E-state index contributed by atoms with van der Waals surface area (Å²) in [5, 5.41) is 12.7. The molecule has 0 unspecified atom stereocenters. The Morgan fingerprint density at radius 2 is 0.857 bits per heavy atom. The third kappa shape index (κ3) is 11.7. The predicted molar refractivity (Wildman–Crippen MR) is 412 cm³/mol. The van der Waals surface area contributed by atoms with Crippen molar-refractivity contribution >= 4 is 108 Å². The van der Waals surface area contributed by atoms with E-state index in [9.17, 15) is 0 Å². The number of benzene rings is 12. The van der Waals surface area contributed by atoms with Crippen molar-refractivity contribution < 1.29 is 25.8 Å². The largest absolute Gasteiger partial charge is 2.00 e. The van der Waals surface area contributed by atoms with Gasteiger partial charge in [-0.2, -0.15) is 12.1 Å². The quantitative estimate of drug-likeness (QED) is 0.0470. The maximum absolute atomic E-state index is 7.05. The molecule has 0 radical (unpaired) electrons. The second kappa shape index (κ2) is 26.0. The van der Waals surface area contributed by atoms with Gasteiger partial charge in [-0.3, -0.25) is 0 Å². The first-order valence-electron chi connectivity index (χ1n) is 33.8. The molecule has 0 N–H and O–H groups in total. The predicted octanol–water partition coefficient (Wildman–Crippen LogP) is 16.7. The summed E-state index contributed by atoms with van der Waals surface area (Å²) in [4.78, 5) is 5.13. The molecule has 98 heavy (non-hydrogen) atoms. The molecule has 0 aliphatic carbocycles. The summed E-state index contributed by atoms with van der Waals surface area (Å²) in [6, 6.07) is 124. The number of rotatable bonds is 14. The van der Waals surface area contributed by atoms with Gasteiger partial charge >= 0.3 is 32.8 Å². The zero-order valence-electron chi connectivity index (χ0n) is 57.0. The van der Waals surface area contributed by atoms with Gasteiger partial charge in [0.25, 0.3) is 5.69 Å². The SMILES string of the molecule is CC(C)(C)c1cc([N+]2=C=[N+](c3[c-]c(Oc4[c-]c5c(cc4)c4cc([Si](c6ccccc6)(c6ccccc6)c6ccccc6)ccc4n5-c4cc(C(C)(C)C)ccn4)ccc3)c3cccc(-c4cccc([Si](c5ccccc5)(c5ccccc5)c5ccccc5)c4)c32)cc(C(C)(C)C)c1.[Pt+2]. The van der Waals surface area contributed by atoms with E-state index in [2.05, 4.69) is 391 Å². The van der Waals surface area contributed by atoms with Crippen LogP contribution in [0.4, 0.5) is 22.7 Å². The minimum Gasteiger partial charge on any atom is -0.509 e. The maximum atomic E-state index is 7.05. The van der Waals surface area contributed by atoms with E-state index in [-0.39, 0.29) is 37.3 Å². The fourth-order valence-electron chi connectivity index (χ4n) is 14.6. The van der Waals surface area contributed by atoms with Gasteiger partial charge in [-0.25, -0.2) is 4.98 Å². The van der Waals surface area contributed by atoms with Crippen LogP contribution in [0.1, 0.15) is 79.0 Å². The summed E-state index contributed by atoms with van der Waals surface area (Å²) < 4.78 is 13.8. The molecule has 0 fully saturated rings. The van der Waals surface area contributed by atoms with Crippen molar-refractivity contribution in [3.05, 3.63) is 338 Å². The molecule has 14 aromatic rings. The van der Waals surface area contributed by atoms with Crippen LogP contribution < -0.4 is 55.4 Å². The molecule has 2 aromatic heterocycles. The summed E-state index contributed by atoms with van der Waals surface area (Å²) in [5.41, 5.74) is 11.3. The van der Waals surface area contributed by atoms with E-state index in [0.717, 1.165) is 61.5 Å². The Kier molecular flexibility index (Phi) is 17.3. The third-order valence-corrected chi connectivity index (χ3v) is 29.1. The second-order valence-corrected chi connectivity index (χ2v) is 36.4. The Balaban J connectivity index is 0.00000821. The molecule has 1 aliphatic rings. The normalized spacial score (nSPS) is 12.6. The van der Waals surface area contributed by atoms with Gasteiger partial charge in [0.15, 0.2) is 16.1 Å². The summed E-state index contributed by atoms with van der Waals surface area (Å²) in [6.07, 6.45) is 1.94. The van der Waals surface area contributed by atoms with Crippen molar-refractivity contribution in [2.75, 3.05) is 0 Å². The number of nitrogens with zero attached hydrogens (tertiary/aromatic N) is 4. The Morgan fingerprint density at radius 3 is 1.37 bits per heavy atom. The molecule has 480 valence electrons. The van der Waals surface area contributed by atoms with E-state index >= 15 is 0 Å². The second-order valence-electron chi connectivity index (χ2n) is 28.8. The molecule has 3 heterocycles. The number of pyridine rings is 1. The molecule has 0 spiro atoms. The monoisotopic (exact) mass is 1480 g/mol. The van der Waals surface area contributed by atoms with Gasteiger partial charge in [0, 0.05) is 41.4 Å². The Morgan fingerprint density at radius 1 is 0.388 bits per heavy atom. The average molecular weight is 1480 g/mol. The average Bonchev–Trinajstić information content (AvgIpc) is 1.33. The maximum Gasteiger partial charge on any atom is 2.00 e.